The SMILES string of the molecule is CCn1c(SCC(=O)N/N=C(\C)c2ccc(Br)cc2)nnc1-c1ccc(C)cc1. The molecule has 8 heteroatoms. The summed E-state index contributed by atoms with van der Waals surface area (Å²) in [6.45, 7) is 6.67. The van der Waals surface area contributed by atoms with Gasteiger partial charge in [0.2, 0.25) is 0 Å². The van der Waals surface area contributed by atoms with Gasteiger partial charge in [0, 0.05) is 16.6 Å². The number of hydrazone groups is 1. The van der Waals surface area contributed by atoms with Crippen molar-refractivity contribution in [3.63, 3.8) is 0 Å². The molecule has 0 radical (unpaired) electrons. The van der Waals surface area contributed by atoms with Crippen molar-refractivity contribution in [2.45, 2.75) is 32.5 Å². The van der Waals surface area contributed by atoms with Crippen LogP contribution in [-0.4, -0.2) is 32.1 Å². The van der Waals surface area contributed by atoms with Crippen molar-refractivity contribution in [2.75, 3.05) is 5.75 Å². The maximum Gasteiger partial charge on any atom is 0.250 e. The number of benzene rings is 2. The first-order valence-corrected chi connectivity index (χ1v) is 11.0. The largest absolute Gasteiger partial charge is 0.302 e. The summed E-state index contributed by atoms with van der Waals surface area (Å²) in [5.41, 5.74) is 6.51. The minimum Gasteiger partial charge on any atom is -0.302 e. The molecule has 1 amide bonds. The lowest BCUT2D eigenvalue weighted by Gasteiger charge is -2.07. The number of aromatic nitrogens is 3. The first-order chi connectivity index (χ1) is 14.0. The van der Waals surface area contributed by atoms with Crippen LogP contribution in [0.15, 0.2) is 63.3 Å². The van der Waals surface area contributed by atoms with E-state index in [1.54, 1.807) is 0 Å². The van der Waals surface area contributed by atoms with Gasteiger partial charge in [-0.1, -0.05) is 69.7 Å². The summed E-state index contributed by atoms with van der Waals surface area (Å²) < 4.78 is 3.01. The van der Waals surface area contributed by atoms with Crippen molar-refractivity contribution in [1.29, 1.82) is 0 Å². The molecule has 0 unspecified atom stereocenters. The summed E-state index contributed by atoms with van der Waals surface area (Å²) in [7, 11) is 0. The van der Waals surface area contributed by atoms with E-state index in [1.807, 2.05) is 54.8 Å². The van der Waals surface area contributed by atoms with E-state index in [0.717, 1.165) is 33.7 Å². The fourth-order valence-electron chi connectivity index (χ4n) is 2.66. The van der Waals surface area contributed by atoms with Gasteiger partial charge >= 0.3 is 0 Å². The fourth-order valence-corrected chi connectivity index (χ4v) is 3.72. The molecule has 6 nitrogen and oxygen atoms in total. The van der Waals surface area contributed by atoms with Gasteiger partial charge in [-0.25, -0.2) is 5.43 Å². The van der Waals surface area contributed by atoms with Crippen molar-refractivity contribution < 1.29 is 4.79 Å². The highest BCUT2D eigenvalue weighted by Crippen LogP contribution is 2.24. The Morgan fingerprint density at radius 3 is 2.48 bits per heavy atom. The molecule has 3 rings (SSSR count). The zero-order chi connectivity index (χ0) is 20.8. The second-order valence-electron chi connectivity index (χ2n) is 6.44. The fraction of sp³-hybridized carbons (Fsp3) is 0.238. The molecule has 0 aliphatic rings. The summed E-state index contributed by atoms with van der Waals surface area (Å²) in [5, 5.41) is 13.5. The quantitative estimate of drug-likeness (QED) is 0.308. The van der Waals surface area contributed by atoms with Gasteiger partial charge in [0.1, 0.15) is 0 Å². The van der Waals surface area contributed by atoms with Crippen LogP contribution in [0.3, 0.4) is 0 Å². The van der Waals surface area contributed by atoms with Crippen molar-refractivity contribution in [3.8, 4) is 11.4 Å². The number of aryl methyl sites for hydroxylation is 1. The van der Waals surface area contributed by atoms with Gasteiger partial charge in [-0.3, -0.25) is 4.79 Å². The van der Waals surface area contributed by atoms with Crippen molar-refractivity contribution in [3.05, 3.63) is 64.1 Å². The number of thioether (sulfide) groups is 1. The van der Waals surface area contributed by atoms with Gasteiger partial charge in [0.25, 0.3) is 5.91 Å². The third kappa shape index (κ3) is 5.55. The van der Waals surface area contributed by atoms with Crippen molar-refractivity contribution in [1.82, 2.24) is 20.2 Å². The molecule has 3 aromatic rings. The number of nitrogens with zero attached hydrogens (tertiary/aromatic N) is 4. The highest BCUT2D eigenvalue weighted by atomic mass is 79.9. The van der Waals surface area contributed by atoms with Crippen LogP contribution in [0, 0.1) is 6.92 Å². The Morgan fingerprint density at radius 2 is 1.83 bits per heavy atom. The van der Waals surface area contributed by atoms with Crippen LogP contribution in [0.1, 0.15) is 25.0 Å². The molecule has 0 saturated carbocycles. The van der Waals surface area contributed by atoms with Crippen LogP contribution in [-0.2, 0) is 11.3 Å². The Morgan fingerprint density at radius 1 is 1.14 bits per heavy atom. The number of halogens is 1. The molecule has 29 heavy (non-hydrogen) atoms. The Labute approximate surface area is 182 Å². The number of nitrogens with one attached hydrogen (secondary N) is 1. The number of carbonyl (C=O) groups excluding carboxylic acids is 1. The topological polar surface area (TPSA) is 72.2 Å². The van der Waals surface area contributed by atoms with E-state index < -0.39 is 0 Å². The minimum absolute atomic E-state index is 0.186. The standard InChI is InChI=1S/C21H22BrN5OS/c1-4-27-20(17-7-5-14(2)6-8-17)25-26-21(27)29-13-19(28)24-23-15(3)16-9-11-18(22)12-10-16/h5-12H,4,13H2,1-3H3,(H,24,28)/b23-15+. The normalized spacial score (nSPS) is 11.5. The summed E-state index contributed by atoms with van der Waals surface area (Å²) in [6, 6.07) is 15.9. The molecule has 2 aromatic carbocycles. The Kier molecular flexibility index (Phi) is 7.22. The molecular weight excluding hydrogens is 450 g/mol. The van der Waals surface area contributed by atoms with E-state index >= 15 is 0 Å². The maximum absolute atomic E-state index is 12.2. The number of hydrogen-bond acceptors (Lipinski definition) is 5. The Balaban J connectivity index is 1.62. The summed E-state index contributed by atoms with van der Waals surface area (Å²) in [5.74, 6) is 0.830. The summed E-state index contributed by atoms with van der Waals surface area (Å²) in [6.07, 6.45) is 0. The van der Waals surface area contributed by atoms with Gasteiger partial charge in [0.15, 0.2) is 11.0 Å². The summed E-state index contributed by atoms with van der Waals surface area (Å²) in [4.78, 5) is 12.2. The molecule has 0 fully saturated rings. The van der Waals surface area contributed by atoms with Gasteiger partial charge in [-0.05, 0) is 38.5 Å². The van der Waals surface area contributed by atoms with Crippen LogP contribution < -0.4 is 5.43 Å². The Hall–Kier alpha value is -2.45. The van der Waals surface area contributed by atoms with Crippen molar-refractivity contribution >= 4 is 39.3 Å². The van der Waals surface area contributed by atoms with E-state index in [0.29, 0.717) is 5.16 Å². The second-order valence-corrected chi connectivity index (χ2v) is 8.30. The molecule has 0 spiro atoms. The lowest BCUT2D eigenvalue weighted by atomic mass is 10.1. The monoisotopic (exact) mass is 471 g/mol. The third-order valence-corrected chi connectivity index (χ3v) is 5.78. The second kappa shape index (κ2) is 9.84. The van der Waals surface area contributed by atoms with E-state index in [9.17, 15) is 4.79 Å². The maximum atomic E-state index is 12.2. The Bertz CT molecular complexity index is 1010. The smallest absolute Gasteiger partial charge is 0.250 e. The lowest BCUT2D eigenvalue weighted by Crippen LogP contribution is -2.21. The van der Waals surface area contributed by atoms with Crippen LogP contribution in [0.25, 0.3) is 11.4 Å². The number of rotatable bonds is 7. The van der Waals surface area contributed by atoms with Crippen molar-refractivity contribution in [2.24, 2.45) is 5.10 Å². The molecule has 1 aromatic heterocycles. The van der Waals surface area contributed by atoms with E-state index in [2.05, 4.69) is 55.7 Å². The van der Waals surface area contributed by atoms with Gasteiger partial charge < -0.3 is 4.57 Å². The molecule has 150 valence electrons. The van der Waals surface area contributed by atoms with Gasteiger partial charge in [0.05, 0.1) is 11.5 Å². The summed E-state index contributed by atoms with van der Waals surface area (Å²) >= 11 is 4.76. The van der Waals surface area contributed by atoms with Gasteiger partial charge in [-0.15, -0.1) is 10.2 Å². The average Bonchev–Trinajstić information content (AvgIpc) is 3.14. The first-order valence-electron chi connectivity index (χ1n) is 9.20. The van der Waals surface area contributed by atoms with Crippen LogP contribution in [0.2, 0.25) is 0 Å². The number of hydrogen-bond donors (Lipinski definition) is 1. The molecule has 1 N–H and O–H groups in total. The highest BCUT2D eigenvalue weighted by Gasteiger charge is 2.14. The molecule has 0 aliphatic heterocycles. The third-order valence-electron chi connectivity index (χ3n) is 4.29. The molecule has 1 heterocycles. The predicted molar refractivity (Wildman–Crippen MR) is 121 cm³/mol. The number of amides is 1. The predicted octanol–water partition coefficient (Wildman–Crippen LogP) is 4.67. The average molecular weight is 472 g/mol. The van der Waals surface area contributed by atoms with Crippen LogP contribution >= 0.6 is 27.7 Å². The van der Waals surface area contributed by atoms with E-state index in [-0.39, 0.29) is 11.7 Å². The molecule has 0 atom stereocenters. The van der Waals surface area contributed by atoms with E-state index in [1.165, 1.54) is 17.3 Å². The zero-order valence-electron chi connectivity index (χ0n) is 16.5. The molecule has 0 bridgehead atoms. The van der Waals surface area contributed by atoms with Gasteiger partial charge in [-0.2, -0.15) is 5.10 Å². The van der Waals surface area contributed by atoms with Crippen LogP contribution in [0.5, 0.6) is 0 Å². The highest BCUT2D eigenvalue weighted by molar-refractivity contribution is 9.10. The minimum atomic E-state index is -0.186. The molecule has 0 saturated heterocycles. The van der Waals surface area contributed by atoms with E-state index in [4.69, 9.17) is 0 Å². The lowest BCUT2D eigenvalue weighted by molar-refractivity contribution is -0.118. The zero-order valence-corrected chi connectivity index (χ0v) is 18.9. The first kappa shape index (κ1) is 21.3. The molecule has 0 aliphatic carbocycles. The van der Waals surface area contributed by atoms with Crippen LogP contribution in [0.4, 0.5) is 0 Å². The number of carbonyl (C=O) groups is 1. The molecular formula is C21H22BrN5OS.